The number of hydrogen-bond acceptors (Lipinski definition) is 2. The predicted molar refractivity (Wildman–Crippen MR) is 74.7 cm³/mol. The van der Waals surface area contributed by atoms with Gasteiger partial charge in [-0.1, -0.05) is 13.8 Å². The van der Waals surface area contributed by atoms with Crippen LogP contribution in [0.2, 0.25) is 0 Å². The molecule has 3 nitrogen and oxygen atoms in total. The van der Waals surface area contributed by atoms with Crippen LogP contribution >= 0.6 is 0 Å². The molecule has 1 aliphatic rings. The van der Waals surface area contributed by atoms with Crippen LogP contribution in [0.3, 0.4) is 0 Å². The molecule has 0 saturated carbocycles. The Morgan fingerprint density at radius 2 is 1.89 bits per heavy atom. The maximum atomic E-state index is 12.3. The summed E-state index contributed by atoms with van der Waals surface area (Å²) < 4.78 is 2.19. The van der Waals surface area contributed by atoms with Crippen molar-refractivity contribution in [3.63, 3.8) is 0 Å². The highest BCUT2D eigenvalue weighted by atomic mass is 16.1. The normalized spacial score (nSPS) is 17.3. The number of pyridine rings is 1. The highest BCUT2D eigenvalue weighted by Crippen LogP contribution is 2.37. The van der Waals surface area contributed by atoms with E-state index in [-0.39, 0.29) is 11.2 Å². The molecule has 0 saturated heterocycles. The van der Waals surface area contributed by atoms with Crippen LogP contribution in [0.25, 0.3) is 5.69 Å². The molecule has 0 bridgehead atoms. The minimum atomic E-state index is 0.0413. The van der Waals surface area contributed by atoms with Crippen LogP contribution in [-0.2, 0) is 6.42 Å². The first-order chi connectivity index (χ1) is 8.98. The van der Waals surface area contributed by atoms with Crippen LogP contribution in [-0.4, -0.2) is 15.3 Å². The summed E-state index contributed by atoms with van der Waals surface area (Å²) in [5, 5.41) is 0. The molecule has 0 aliphatic heterocycles. The molecule has 0 aromatic carbocycles. The van der Waals surface area contributed by atoms with Crippen LogP contribution in [0.15, 0.2) is 30.6 Å². The minimum Gasteiger partial charge on any atom is -0.317 e. The Morgan fingerprint density at radius 1 is 1.21 bits per heavy atom. The van der Waals surface area contributed by atoms with E-state index in [4.69, 9.17) is 0 Å². The number of rotatable bonds is 1. The largest absolute Gasteiger partial charge is 0.317 e. The number of carbonyl (C=O) groups is 1. The Bertz CT molecular complexity index is 638. The van der Waals surface area contributed by atoms with Crippen molar-refractivity contribution in [3.05, 3.63) is 47.5 Å². The topological polar surface area (TPSA) is 34.9 Å². The van der Waals surface area contributed by atoms with Gasteiger partial charge in [-0.25, -0.2) is 0 Å². The van der Waals surface area contributed by atoms with Gasteiger partial charge in [0.25, 0.3) is 0 Å². The van der Waals surface area contributed by atoms with Gasteiger partial charge in [-0.2, -0.15) is 0 Å². The first-order valence-electron chi connectivity index (χ1n) is 6.63. The second-order valence-electron chi connectivity index (χ2n) is 6.13. The average Bonchev–Trinajstić information content (AvgIpc) is 2.65. The molecule has 2 aromatic heterocycles. The monoisotopic (exact) mass is 254 g/mol. The molecule has 0 unspecified atom stereocenters. The maximum absolute atomic E-state index is 12.3. The zero-order valence-electron chi connectivity index (χ0n) is 11.6. The van der Waals surface area contributed by atoms with Gasteiger partial charge in [0.15, 0.2) is 5.78 Å². The standard InChI is InChI=1S/C16H18N2O/c1-11-8-13-14(9-16(2,3)10-15(13)19)18(11)12-4-6-17-7-5-12/h4-8H,9-10H2,1-3H3. The third-order valence-corrected chi connectivity index (χ3v) is 3.79. The summed E-state index contributed by atoms with van der Waals surface area (Å²) in [6, 6.07) is 5.99. The third-order valence-electron chi connectivity index (χ3n) is 3.79. The first-order valence-corrected chi connectivity index (χ1v) is 6.63. The van der Waals surface area contributed by atoms with E-state index in [9.17, 15) is 4.79 Å². The number of aryl methyl sites for hydroxylation is 1. The van der Waals surface area contributed by atoms with E-state index < -0.39 is 0 Å². The summed E-state index contributed by atoms with van der Waals surface area (Å²) >= 11 is 0. The fraction of sp³-hybridized carbons (Fsp3) is 0.375. The van der Waals surface area contributed by atoms with Crippen LogP contribution < -0.4 is 0 Å². The lowest BCUT2D eigenvalue weighted by molar-refractivity contribution is 0.0911. The molecule has 2 aromatic rings. The number of hydrogen-bond donors (Lipinski definition) is 0. The summed E-state index contributed by atoms with van der Waals surface area (Å²) in [6.45, 7) is 6.37. The zero-order chi connectivity index (χ0) is 13.6. The highest BCUT2D eigenvalue weighted by molar-refractivity contribution is 5.99. The molecule has 3 heteroatoms. The van der Waals surface area contributed by atoms with Crippen molar-refractivity contribution < 1.29 is 4.79 Å². The molecular formula is C16H18N2O. The molecule has 19 heavy (non-hydrogen) atoms. The Labute approximate surface area is 113 Å². The second kappa shape index (κ2) is 4.05. The van der Waals surface area contributed by atoms with Gasteiger partial charge in [0.1, 0.15) is 0 Å². The number of ketones is 1. The van der Waals surface area contributed by atoms with Gasteiger partial charge in [0.2, 0.25) is 0 Å². The van der Waals surface area contributed by atoms with Crippen molar-refractivity contribution in [2.75, 3.05) is 0 Å². The molecule has 0 N–H and O–H groups in total. The van der Waals surface area contributed by atoms with Crippen molar-refractivity contribution in [1.82, 2.24) is 9.55 Å². The number of nitrogens with zero attached hydrogens (tertiary/aromatic N) is 2. The van der Waals surface area contributed by atoms with E-state index in [1.54, 1.807) is 12.4 Å². The molecule has 0 fully saturated rings. The molecule has 98 valence electrons. The SMILES string of the molecule is Cc1cc2c(n1-c1ccncc1)CC(C)(C)CC2=O. The number of carbonyl (C=O) groups excluding carboxylic acids is 1. The van der Waals surface area contributed by atoms with Crippen molar-refractivity contribution in [2.24, 2.45) is 5.41 Å². The van der Waals surface area contributed by atoms with Crippen molar-refractivity contribution in [3.8, 4) is 5.69 Å². The van der Waals surface area contributed by atoms with Gasteiger partial charge >= 0.3 is 0 Å². The Morgan fingerprint density at radius 3 is 2.58 bits per heavy atom. The lowest BCUT2D eigenvalue weighted by Crippen LogP contribution is -2.27. The molecular weight excluding hydrogens is 236 g/mol. The van der Waals surface area contributed by atoms with Gasteiger partial charge in [-0.05, 0) is 37.0 Å². The predicted octanol–water partition coefficient (Wildman–Crippen LogP) is 3.34. The van der Waals surface area contributed by atoms with Gasteiger partial charge < -0.3 is 4.57 Å². The van der Waals surface area contributed by atoms with Gasteiger partial charge in [0.05, 0.1) is 0 Å². The Balaban J connectivity index is 2.21. The lowest BCUT2D eigenvalue weighted by atomic mass is 9.76. The Hall–Kier alpha value is -1.90. The lowest BCUT2D eigenvalue weighted by Gasteiger charge is -2.29. The zero-order valence-corrected chi connectivity index (χ0v) is 11.6. The third kappa shape index (κ3) is 1.99. The van der Waals surface area contributed by atoms with E-state index in [0.717, 1.165) is 29.1 Å². The summed E-state index contributed by atoms with van der Waals surface area (Å²) in [5.41, 5.74) is 4.28. The van der Waals surface area contributed by atoms with Gasteiger partial charge in [-0.15, -0.1) is 0 Å². The number of fused-ring (bicyclic) bond motifs is 1. The van der Waals surface area contributed by atoms with Crippen LogP contribution in [0.4, 0.5) is 0 Å². The molecule has 0 amide bonds. The van der Waals surface area contributed by atoms with E-state index in [1.807, 2.05) is 18.2 Å². The summed E-state index contributed by atoms with van der Waals surface area (Å²) in [5.74, 6) is 0.266. The average molecular weight is 254 g/mol. The van der Waals surface area contributed by atoms with E-state index >= 15 is 0 Å². The number of aromatic nitrogens is 2. The summed E-state index contributed by atoms with van der Waals surface area (Å²) in [7, 11) is 0. The molecule has 1 aliphatic carbocycles. The van der Waals surface area contributed by atoms with Crippen molar-refractivity contribution in [1.29, 1.82) is 0 Å². The fourth-order valence-corrected chi connectivity index (χ4v) is 3.00. The second-order valence-corrected chi connectivity index (χ2v) is 6.13. The van der Waals surface area contributed by atoms with E-state index in [2.05, 4.69) is 30.3 Å². The fourth-order valence-electron chi connectivity index (χ4n) is 3.00. The Kier molecular flexibility index (Phi) is 2.59. The van der Waals surface area contributed by atoms with Crippen molar-refractivity contribution >= 4 is 5.78 Å². The minimum absolute atomic E-state index is 0.0413. The van der Waals surface area contributed by atoms with E-state index in [1.165, 1.54) is 0 Å². The molecule has 0 spiro atoms. The number of Topliss-reactive ketones (excluding diaryl/α,β-unsaturated/α-hetero) is 1. The van der Waals surface area contributed by atoms with Crippen LogP contribution in [0.5, 0.6) is 0 Å². The van der Waals surface area contributed by atoms with Crippen LogP contribution in [0.1, 0.15) is 42.0 Å². The smallest absolute Gasteiger partial charge is 0.165 e. The molecule has 0 radical (unpaired) electrons. The molecule has 2 heterocycles. The van der Waals surface area contributed by atoms with Gasteiger partial charge in [-0.3, -0.25) is 9.78 Å². The van der Waals surface area contributed by atoms with Gasteiger partial charge in [0, 0.05) is 41.5 Å². The van der Waals surface area contributed by atoms with E-state index in [0.29, 0.717) is 6.42 Å². The highest BCUT2D eigenvalue weighted by Gasteiger charge is 2.34. The van der Waals surface area contributed by atoms with Crippen molar-refractivity contribution in [2.45, 2.75) is 33.6 Å². The molecule has 3 rings (SSSR count). The molecule has 0 atom stereocenters. The summed E-state index contributed by atoms with van der Waals surface area (Å²) in [6.07, 6.45) is 5.15. The first kappa shape index (κ1) is 12.2. The van der Waals surface area contributed by atoms with Crippen LogP contribution in [0, 0.1) is 12.3 Å². The summed E-state index contributed by atoms with van der Waals surface area (Å²) in [4.78, 5) is 16.3. The quantitative estimate of drug-likeness (QED) is 0.782. The maximum Gasteiger partial charge on any atom is 0.165 e.